The molecule has 0 aliphatic carbocycles. The molecular formula is C22H29N3O3S. The van der Waals surface area contributed by atoms with Gasteiger partial charge in [-0.1, -0.05) is 43.7 Å². The van der Waals surface area contributed by atoms with Crippen LogP contribution in [0.1, 0.15) is 47.7 Å². The molecule has 7 heteroatoms. The number of nitrogens with zero attached hydrogens (tertiary/aromatic N) is 1. The average Bonchev–Trinajstić information content (AvgIpc) is 2.74. The Balaban J connectivity index is 1.56. The first kappa shape index (κ1) is 21.5. The van der Waals surface area contributed by atoms with Crippen LogP contribution in [0, 0.1) is 0 Å². The molecular weight excluding hydrogens is 386 g/mol. The lowest BCUT2D eigenvalue weighted by atomic mass is 10.1. The number of amides is 1. The van der Waals surface area contributed by atoms with Gasteiger partial charge in [-0.15, -0.1) is 0 Å². The van der Waals surface area contributed by atoms with Crippen LogP contribution >= 0.6 is 0 Å². The predicted octanol–water partition coefficient (Wildman–Crippen LogP) is 2.90. The molecule has 1 aliphatic heterocycles. The van der Waals surface area contributed by atoms with Crippen LogP contribution in [0.4, 0.5) is 0 Å². The average molecular weight is 416 g/mol. The van der Waals surface area contributed by atoms with Crippen molar-refractivity contribution in [2.75, 3.05) is 19.6 Å². The molecule has 0 spiro atoms. The Morgan fingerprint density at radius 2 is 1.69 bits per heavy atom. The number of carbonyl (C=O) groups is 1. The summed E-state index contributed by atoms with van der Waals surface area (Å²) in [5, 5.41) is 2.86. The third-order valence-electron chi connectivity index (χ3n) is 5.07. The zero-order chi connectivity index (χ0) is 20.7. The van der Waals surface area contributed by atoms with Gasteiger partial charge in [0, 0.05) is 25.2 Å². The molecule has 2 N–H and O–H groups in total. The van der Waals surface area contributed by atoms with E-state index in [0.29, 0.717) is 18.7 Å². The van der Waals surface area contributed by atoms with Crippen LogP contribution in [0.2, 0.25) is 0 Å². The van der Waals surface area contributed by atoms with Crippen LogP contribution in [-0.2, 0) is 23.1 Å². The molecule has 0 saturated carbocycles. The van der Waals surface area contributed by atoms with Gasteiger partial charge in [-0.05, 0) is 55.3 Å². The Morgan fingerprint density at radius 3 is 2.38 bits per heavy atom. The summed E-state index contributed by atoms with van der Waals surface area (Å²) in [4.78, 5) is 15.0. The lowest BCUT2D eigenvalue weighted by molar-refractivity contribution is 0.0950. The standard InChI is InChI=1S/C22H29N3O3S/c1-2-24-29(27,28)21-8-6-7-20(15-21)22(26)23-16-18-9-11-19(12-10-18)17-25-13-4-3-5-14-25/h6-12,15,24H,2-5,13-14,16-17H2,1H3,(H,23,26). The summed E-state index contributed by atoms with van der Waals surface area (Å²) in [6.45, 7) is 5.71. The maximum atomic E-state index is 12.5. The van der Waals surface area contributed by atoms with E-state index in [1.165, 1.54) is 50.0 Å². The first-order valence-electron chi connectivity index (χ1n) is 10.2. The van der Waals surface area contributed by atoms with E-state index in [1.54, 1.807) is 19.1 Å². The Kier molecular flexibility index (Phi) is 7.41. The zero-order valence-electron chi connectivity index (χ0n) is 16.9. The van der Waals surface area contributed by atoms with E-state index in [1.807, 2.05) is 12.1 Å². The fourth-order valence-electron chi connectivity index (χ4n) is 3.50. The van der Waals surface area contributed by atoms with Gasteiger partial charge in [0.05, 0.1) is 4.90 Å². The fraction of sp³-hybridized carbons (Fsp3) is 0.409. The topological polar surface area (TPSA) is 78.5 Å². The number of piperidine rings is 1. The molecule has 1 saturated heterocycles. The van der Waals surface area contributed by atoms with E-state index in [-0.39, 0.29) is 10.8 Å². The molecule has 0 aromatic heterocycles. The molecule has 156 valence electrons. The zero-order valence-corrected chi connectivity index (χ0v) is 17.7. The van der Waals surface area contributed by atoms with Gasteiger partial charge >= 0.3 is 0 Å². The van der Waals surface area contributed by atoms with E-state index in [4.69, 9.17) is 0 Å². The highest BCUT2D eigenvalue weighted by Crippen LogP contribution is 2.14. The van der Waals surface area contributed by atoms with Crippen LogP contribution in [0.25, 0.3) is 0 Å². The predicted molar refractivity (Wildman–Crippen MR) is 114 cm³/mol. The second-order valence-corrected chi connectivity index (χ2v) is 9.13. The number of likely N-dealkylation sites (tertiary alicyclic amines) is 1. The highest BCUT2D eigenvalue weighted by Gasteiger charge is 2.15. The largest absolute Gasteiger partial charge is 0.348 e. The third kappa shape index (κ3) is 6.13. The fourth-order valence-corrected chi connectivity index (χ4v) is 4.59. The van der Waals surface area contributed by atoms with Crippen molar-refractivity contribution in [2.45, 2.75) is 44.2 Å². The van der Waals surface area contributed by atoms with Gasteiger partial charge < -0.3 is 5.32 Å². The molecule has 0 unspecified atom stereocenters. The maximum Gasteiger partial charge on any atom is 0.251 e. The monoisotopic (exact) mass is 415 g/mol. The molecule has 3 rings (SSSR count). The minimum absolute atomic E-state index is 0.0917. The second-order valence-electron chi connectivity index (χ2n) is 7.37. The maximum absolute atomic E-state index is 12.5. The highest BCUT2D eigenvalue weighted by atomic mass is 32.2. The molecule has 0 bridgehead atoms. The van der Waals surface area contributed by atoms with Crippen molar-refractivity contribution >= 4 is 15.9 Å². The van der Waals surface area contributed by atoms with Crippen LogP contribution < -0.4 is 10.0 Å². The summed E-state index contributed by atoms with van der Waals surface area (Å²) in [5.41, 5.74) is 2.62. The van der Waals surface area contributed by atoms with E-state index in [0.717, 1.165) is 12.1 Å². The van der Waals surface area contributed by atoms with E-state index in [9.17, 15) is 13.2 Å². The smallest absolute Gasteiger partial charge is 0.251 e. The van der Waals surface area contributed by atoms with Crippen molar-refractivity contribution < 1.29 is 13.2 Å². The normalized spacial score (nSPS) is 15.2. The molecule has 0 atom stereocenters. The molecule has 29 heavy (non-hydrogen) atoms. The molecule has 1 amide bonds. The van der Waals surface area contributed by atoms with Crippen molar-refractivity contribution in [2.24, 2.45) is 0 Å². The number of sulfonamides is 1. The summed E-state index contributed by atoms with van der Waals surface area (Å²) >= 11 is 0. The number of nitrogens with one attached hydrogen (secondary N) is 2. The van der Waals surface area contributed by atoms with Crippen LogP contribution in [0.15, 0.2) is 53.4 Å². The number of carbonyl (C=O) groups excluding carboxylic acids is 1. The van der Waals surface area contributed by atoms with E-state index in [2.05, 4.69) is 27.1 Å². The molecule has 2 aromatic rings. The summed E-state index contributed by atoms with van der Waals surface area (Å²) in [7, 11) is -3.58. The Bertz CT molecular complexity index is 921. The van der Waals surface area contributed by atoms with Crippen LogP contribution in [-0.4, -0.2) is 38.9 Å². The second kappa shape index (κ2) is 10.0. The first-order valence-corrected chi connectivity index (χ1v) is 11.6. The Hall–Kier alpha value is -2.22. The summed E-state index contributed by atoms with van der Waals surface area (Å²) in [6.07, 6.45) is 3.89. The van der Waals surface area contributed by atoms with Gasteiger partial charge in [0.2, 0.25) is 10.0 Å². The number of rotatable bonds is 8. The van der Waals surface area contributed by atoms with Gasteiger partial charge in [0.1, 0.15) is 0 Å². The van der Waals surface area contributed by atoms with Crippen molar-refractivity contribution in [1.29, 1.82) is 0 Å². The van der Waals surface area contributed by atoms with Crippen molar-refractivity contribution in [3.63, 3.8) is 0 Å². The lowest BCUT2D eigenvalue weighted by Crippen LogP contribution is -2.29. The molecule has 1 heterocycles. The SMILES string of the molecule is CCNS(=O)(=O)c1cccc(C(=O)NCc2ccc(CN3CCCCC3)cc2)c1. The van der Waals surface area contributed by atoms with Crippen molar-refractivity contribution in [3.05, 3.63) is 65.2 Å². The van der Waals surface area contributed by atoms with E-state index >= 15 is 0 Å². The van der Waals surface area contributed by atoms with Crippen LogP contribution in [0.5, 0.6) is 0 Å². The third-order valence-corrected chi connectivity index (χ3v) is 6.62. The summed E-state index contributed by atoms with van der Waals surface area (Å²) in [6, 6.07) is 14.4. The Morgan fingerprint density at radius 1 is 1.00 bits per heavy atom. The molecule has 0 radical (unpaired) electrons. The van der Waals surface area contributed by atoms with Gasteiger partial charge in [0.25, 0.3) is 5.91 Å². The van der Waals surface area contributed by atoms with Gasteiger partial charge in [0.15, 0.2) is 0 Å². The molecule has 2 aromatic carbocycles. The lowest BCUT2D eigenvalue weighted by Gasteiger charge is -2.26. The minimum Gasteiger partial charge on any atom is -0.348 e. The molecule has 1 aliphatic rings. The van der Waals surface area contributed by atoms with E-state index < -0.39 is 10.0 Å². The number of benzene rings is 2. The molecule has 1 fully saturated rings. The van der Waals surface area contributed by atoms with Crippen molar-refractivity contribution in [1.82, 2.24) is 14.9 Å². The summed E-state index contributed by atoms with van der Waals surface area (Å²) in [5.74, 6) is -0.295. The molecule has 6 nitrogen and oxygen atoms in total. The first-order chi connectivity index (χ1) is 14.0. The van der Waals surface area contributed by atoms with Gasteiger partial charge in [-0.25, -0.2) is 13.1 Å². The van der Waals surface area contributed by atoms with Gasteiger partial charge in [-0.2, -0.15) is 0 Å². The van der Waals surface area contributed by atoms with Crippen LogP contribution in [0.3, 0.4) is 0 Å². The van der Waals surface area contributed by atoms with Crippen molar-refractivity contribution in [3.8, 4) is 0 Å². The number of hydrogen-bond donors (Lipinski definition) is 2. The summed E-state index contributed by atoms with van der Waals surface area (Å²) < 4.78 is 26.7. The van der Waals surface area contributed by atoms with Gasteiger partial charge in [-0.3, -0.25) is 9.69 Å². The quantitative estimate of drug-likeness (QED) is 0.695. The highest BCUT2D eigenvalue weighted by molar-refractivity contribution is 7.89. The Labute approximate surface area is 173 Å². The minimum atomic E-state index is -3.58. The number of hydrogen-bond acceptors (Lipinski definition) is 4.